The zero-order valence-corrected chi connectivity index (χ0v) is 19.5. The van der Waals surface area contributed by atoms with E-state index in [2.05, 4.69) is 4.74 Å². The Morgan fingerprint density at radius 3 is 2.49 bits per heavy atom. The number of methoxy groups -OCH3 is 1. The fourth-order valence-electron chi connectivity index (χ4n) is 4.74. The SMILES string of the molecule is COC(=O)OC[C@H]1O[C@@H](c2ccc(C3CC3)c(Cc3ccc4c(c3)OCCO4)c2)[C@H](O)[C@@H](O)[C@@H]1O. The second-order valence-electron chi connectivity index (χ2n) is 9.22. The summed E-state index contributed by atoms with van der Waals surface area (Å²) in [6.07, 6.45) is -4.19. The van der Waals surface area contributed by atoms with Gasteiger partial charge in [0.05, 0.1) is 7.11 Å². The van der Waals surface area contributed by atoms with Gasteiger partial charge in [0, 0.05) is 0 Å². The molecule has 5 atom stereocenters. The summed E-state index contributed by atoms with van der Waals surface area (Å²) in [5.74, 6) is 1.97. The van der Waals surface area contributed by atoms with Crippen LogP contribution in [0.3, 0.4) is 0 Å². The second kappa shape index (κ2) is 10.0. The van der Waals surface area contributed by atoms with Crippen molar-refractivity contribution in [3.05, 3.63) is 58.7 Å². The molecule has 1 saturated carbocycles. The Morgan fingerprint density at radius 2 is 1.74 bits per heavy atom. The number of hydrogen-bond donors (Lipinski definition) is 3. The first kappa shape index (κ1) is 23.9. The molecule has 0 radical (unpaired) electrons. The van der Waals surface area contributed by atoms with E-state index < -0.39 is 36.7 Å². The lowest BCUT2D eigenvalue weighted by Gasteiger charge is -2.40. The number of carbonyl (C=O) groups is 1. The number of rotatable bonds is 6. The molecule has 9 nitrogen and oxygen atoms in total. The summed E-state index contributed by atoms with van der Waals surface area (Å²) >= 11 is 0. The Kier molecular flexibility index (Phi) is 6.84. The van der Waals surface area contributed by atoms with Crippen LogP contribution < -0.4 is 9.47 Å². The molecule has 35 heavy (non-hydrogen) atoms. The van der Waals surface area contributed by atoms with E-state index >= 15 is 0 Å². The molecule has 1 aliphatic carbocycles. The van der Waals surface area contributed by atoms with Crippen molar-refractivity contribution in [1.82, 2.24) is 0 Å². The number of ether oxygens (including phenoxy) is 5. The average Bonchev–Trinajstić information content (AvgIpc) is 3.72. The lowest BCUT2D eigenvalue weighted by Crippen LogP contribution is -2.55. The van der Waals surface area contributed by atoms with Crippen LogP contribution >= 0.6 is 0 Å². The molecule has 2 aromatic carbocycles. The summed E-state index contributed by atoms with van der Waals surface area (Å²) in [5, 5.41) is 31.5. The molecule has 0 aromatic heterocycles. The standard InChI is InChI=1S/C26H30O9/c1-31-26(30)34-13-21-22(27)23(28)24(29)25(35-21)16-5-6-18(15-3-4-15)17(12-16)10-14-2-7-19-20(11-14)33-9-8-32-19/h2,5-7,11-12,15,21-25,27-29H,3-4,8-10,13H2,1H3/t21-,22-,23+,24-,25+/m1/s1. The van der Waals surface area contributed by atoms with Crippen molar-refractivity contribution in [1.29, 1.82) is 0 Å². The number of carbonyl (C=O) groups excluding carboxylic acids is 1. The molecule has 0 amide bonds. The van der Waals surface area contributed by atoms with E-state index in [0.29, 0.717) is 31.1 Å². The molecule has 2 aromatic rings. The third-order valence-corrected chi connectivity index (χ3v) is 6.76. The van der Waals surface area contributed by atoms with E-state index in [1.807, 2.05) is 36.4 Å². The molecule has 0 bridgehead atoms. The maximum Gasteiger partial charge on any atom is 0.508 e. The molecular formula is C26H30O9. The Labute approximate surface area is 203 Å². The smallest absolute Gasteiger partial charge is 0.486 e. The van der Waals surface area contributed by atoms with Crippen LogP contribution in [0.2, 0.25) is 0 Å². The van der Waals surface area contributed by atoms with E-state index in [9.17, 15) is 20.1 Å². The molecule has 5 rings (SSSR count). The summed E-state index contributed by atoms with van der Waals surface area (Å²) in [4.78, 5) is 11.4. The molecule has 3 aliphatic rings. The van der Waals surface area contributed by atoms with Crippen molar-refractivity contribution in [2.45, 2.75) is 55.7 Å². The van der Waals surface area contributed by atoms with Crippen molar-refractivity contribution in [3.63, 3.8) is 0 Å². The molecular weight excluding hydrogens is 456 g/mol. The highest BCUT2D eigenvalue weighted by Crippen LogP contribution is 2.44. The highest BCUT2D eigenvalue weighted by molar-refractivity contribution is 5.59. The summed E-state index contributed by atoms with van der Waals surface area (Å²) in [6, 6.07) is 11.8. The summed E-state index contributed by atoms with van der Waals surface area (Å²) in [6.45, 7) is 0.736. The number of fused-ring (bicyclic) bond motifs is 1. The summed E-state index contributed by atoms with van der Waals surface area (Å²) in [7, 11) is 1.17. The lowest BCUT2D eigenvalue weighted by molar-refractivity contribution is -0.232. The maximum atomic E-state index is 11.4. The summed E-state index contributed by atoms with van der Waals surface area (Å²) < 4.78 is 26.7. The number of benzene rings is 2. The zero-order chi connectivity index (χ0) is 24.5. The number of hydrogen-bond acceptors (Lipinski definition) is 9. The predicted octanol–water partition coefficient (Wildman–Crippen LogP) is 2.23. The van der Waals surface area contributed by atoms with Crippen molar-refractivity contribution in [3.8, 4) is 11.5 Å². The third-order valence-electron chi connectivity index (χ3n) is 6.76. The van der Waals surface area contributed by atoms with Crippen LogP contribution in [-0.4, -0.2) is 72.8 Å². The largest absolute Gasteiger partial charge is 0.508 e. The van der Waals surface area contributed by atoms with Crippen LogP contribution in [0.1, 0.15) is 47.1 Å². The predicted molar refractivity (Wildman–Crippen MR) is 123 cm³/mol. The zero-order valence-electron chi connectivity index (χ0n) is 19.5. The second-order valence-corrected chi connectivity index (χ2v) is 9.22. The van der Waals surface area contributed by atoms with Gasteiger partial charge in [-0.3, -0.25) is 0 Å². The lowest BCUT2D eigenvalue weighted by atomic mass is 9.88. The van der Waals surface area contributed by atoms with E-state index in [1.165, 1.54) is 12.7 Å². The van der Waals surface area contributed by atoms with Crippen LogP contribution in [-0.2, 0) is 20.6 Å². The fourth-order valence-corrected chi connectivity index (χ4v) is 4.74. The molecule has 188 valence electrons. The molecule has 3 N–H and O–H groups in total. The Bertz CT molecular complexity index is 1070. The topological polar surface area (TPSA) is 124 Å². The van der Waals surface area contributed by atoms with Crippen molar-refractivity contribution < 1.29 is 43.8 Å². The van der Waals surface area contributed by atoms with E-state index in [4.69, 9.17) is 18.9 Å². The molecule has 1 saturated heterocycles. The minimum Gasteiger partial charge on any atom is -0.486 e. The van der Waals surface area contributed by atoms with Crippen molar-refractivity contribution >= 4 is 6.16 Å². The van der Waals surface area contributed by atoms with Gasteiger partial charge in [0.25, 0.3) is 0 Å². The molecule has 2 heterocycles. The summed E-state index contributed by atoms with van der Waals surface area (Å²) in [5.41, 5.74) is 4.09. The molecule has 2 aliphatic heterocycles. The first-order valence-electron chi connectivity index (χ1n) is 11.9. The van der Waals surface area contributed by atoms with Gasteiger partial charge in [-0.2, -0.15) is 0 Å². The Morgan fingerprint density at radius 1 is 0.971 bits per heavy atom. The fraction of sp³-hybridized carbons (Fsp3) is 0.500. The van der Waals surface area contributed by atoms with Gasteiger partial charge >= 0.3 is 6.16 Å². The van der Waals surface area contributed by atoms with Gasteiger partial charge in [-0.25, -0.2) is 4.79 Å². The van der Waals surface area contributed by atoms with Gasteiger partial charge in [0.1, 0.15) is 50.3 Å². The highest BCUT2D eigenvalue weighted by atomic mass is 16.7. The average molecular weight is 487 g/mol. The normalized spacial score (nSPS) is 27.8. The van der Waals surface area contributed by atoms with Crippen molar-refractivity contribution in [2.75, 3.05) is 26.9 Å². The van der Waals surface area contributed by atoms with E-state index in [0.717, 1.165) is 35.5 Å². The number of aliphatic hydroxyl groups is 3. The molecule has 0 unspecified atom stereocenters. The van der Waals surface area contributed by atoms with Gasteiger partial charge in [0.2, 0.25) is 0 Å². The van der Waals surface area contributed by atoms with Crippen LogP contribution in [0, 0.1) is 0 Å². The van der Waals surface area contributed by atoms with Crippen LogP contribution in [0.4, 0.5) is 4.79 Å². The highest BCUT2D eigenvalue weighted by Gasteiger charge is 2.45. The minimum atomic E-state index is -1.47. The van der Waals surface area contributed by atoms with Crippen molar-refractivity contribution in [2.24, 2.45) is 0 Å². The van der Waals surface area contributed by atoms with Gasteiger partial charge in [-0.1, -0.05) is 24.3 Å². The van der Waals surface area contributed by atoms with Crippen LogP contribution in [0.15, 0.2) is 36.4 Å². The third kappa shape index (κ3) is 5.08. The quantitative estimate of drug-likeness (QED) is 0.527. The number of aliphatic hydroxyl groups excluding tert-OH is 3. The minimum absolute atomic E-state index is 0.321. The monoisotopic (exact) mass is 486 g/mol. The van der Waals surface area contributed by atoms with Gasteiger partial charge in [-0.05, 0) is 59.6 Å². The van der Waals surface area contributed by atoms with Gasteiger partial charge in [0.15, 0.2) is 11.5 Å². The molecule has 2 fully saturated rings. The van der Waals surface area contributed by atoms with E-state index in [1.54, 1.807) is 0 Å². The van der Waals surface area contributed by atoms with Gasteiger partial charge < -0.3 is 39.0 Å². The molecule has 9 heteroatoms. The Hall–Kier alpha value is -2.85. The van der Waals surface area contributed by atoms with Crippen LogP contribution in [0.5, 0.6) is 11.5 Å². The first-order valence-corrected chi connectivity index (χ1v) is 11.9. The molecule has 0 spiro atoms. The van der Waals surface area contributed by atoms with E-state index in [-0.39, 0.29) is 6.61 Å². The van der Waals surface area contributed by atoms with Gasteiger partial charge in [-0.15, -0.1) is 0 Å². The first-order chi connectivity index (χ1) is 16.9. The van der Waals surface area contributed by atoms with Crippen LogP contribution in [0.25, 0.3) is 0 Å². The Balaban J connectivity index is 1.40. The maximum absolute atomic E-state index is 11.4.